The van der Waals surface area contributed by atoms with Crippen molar-refractivity contribution in [3.05, 3.63) is 59.2 Å². The maximum atomic E-state index is 14.3. The lowest BCUT2D eigenvalue weighted by Gasteiger charge is -2.43. The molecule has 218 valence electrons. The summed E-state index contributed by atoms with van der Waals surface area (Å²) in [4.78, 5) is 54.0. The minimum atomic E-state index is -1.21. The van der Waals surface area contributed by atoms with Gasteiger partial charge in [0.05, 0.1) is 0 Å². The van der Waals surface area contributed by atoms with Gasteiger partial charge in [-0.2, -0.15) is 0 Å². The highest BCUT2D eigenvalue weighted by molar-refractivity contribution is 6.00. The number of hydrogen-bond acceptors (Lipinski definition) is 6. The van der Waals surface area contributed by atoms with Crippen LogP contribution >= 0.6 is 0 Å². The molecule has 2 rings (SSSR count). The molecule has 0 saturated carbocycles. The maximum absolute atomic E-state index is 14.3. The van der Waals surface area contributed by atoms with Crippen molar-refractivity contribution in [1.82, 2.24) is 10.2 Å². The molecule has 2 aromatic carbocycles. The monoisotopic (exact) mass is 554 g/mol. The highest BCUT2D eigenvalue weighted by Crippen LogP contribution is 2.33. The fourth-order valence-electron chi connectivity index (χ4n) is 4.28. The number of nitrogens with zero attached hydrogens (tertiary/aromatic N) is 1. The lowest BCUT2D eigenvalue weighted by molar-refractivity contribution is -0.147. The van der Waals surface area contributed by atoms with Gasteiger partial charge in [-0.25, -0.2) is 4.79 Å². The molecule has 40 heavy (non-hydrogen) atoms. The number of primary amides is 1. The number of amides is 4. The first-order valence-electron chi connectivity index (χ1n) is 13.2. The Morgan fingerprint density at radius 1 is 0.950 bits per heavy atom. The zero-order valence-electron chi connectivity index (χ0n) is 24.6. The molecule has 0 saturated heterocycles. The number of rotatable bonds is 9. The maximum Gasteiger partial charge on any atom is 0.408 e. The molecule has 5 N–H and O–H groups in total. The minimum Gasteiger partial charge on any atom is -0.508 e. The number of hydrogen-bond donors (Lipinski definition) is 4. The van der Waals surface area contributed by atoms with Crippen LogP contribution in [0.25, 0.3) is 0 Å². The zero-order valence-corrected chi connectivity index (χ0v) is 24.6. The largest absolute Gasteiger partial charge is 0.508 e. The van der Waals surface area contributed by atoms with E-state index in [1.165, 1.54) is 17.0 Å². The van der Waals surface area contributed by atoms with Crippen LogP contribution in [0.1, 0.15) is 77.1 Å². The van der Waals surface area contributed by atoms with Gasteiger partial charge in [0.15, 0.2) is 0 Å². The predicted octanol–water partition coefficient (Wildman–Crippen LogP) is 4.47. The number of nitrogens with two attached hydrogens (primary N) is 1. The van der Waals surface area contributed by atoms with Crippen molar-refractivity contribution in [3.8, 4) is 5.75 Å². The highest BCUT2D eigenvalue weighted by Gasteiger charge is 2.42. The number of phenols is 1. The van der Waals surface area contributed by atoms with E-state index < -0.39 is 47.0 Å². The molecule has 10 heteroatoms. The standard InChI is InChI=1S/C30H42N4O6/c1-18-10-9-11-19(2)24(18)33-26(37)25(20-12-14-21(35)15-13-20)34(29(3,4)5)27(38)22(16-17-23(31)36)32-28(39)40-30(6,7)8/h9-15,22,25,35H,16-17H2,1-8H3,(H2,31,36)(H,32,39)(H,33,37). The van der Waals surface area contributed by atoms with Crippen LogP contribution in [0.2, 0.25) is 0 Å². The summed E-state index contributed by atoms with van der Waals surface area (Å²) in [6.07, 6.45) is -1.12. The van der Waals surface area contributed by atoms with E-state index >= 15 is 0 Å². The van der Waals surface area contributed by atoms with Crippen LogP contribution in [0, 0.1) is 13.8 Å². The van der Waals surface area contributed by atoms with Crippen molar-refractivity contribution in [2.24, 2.45) is 5.73 Å². The molecular formula is C30H42N4O6. The molecule has 2 unspecified atom stereocenters. The summed E-state index contributed by atoms with van der Waals surface area (Å²) in [5.74, 6) is -1.74. The molecule has 0 aliphatic rings. The summed E-state index contributed by atoms with van der Waals surface area (Å²) >= 11 is 0. The number of para-hydroxylation sites is 1. The predicted molar refractivity (Wildman–Crippen MR) is 154 cm³/mol. The third kappa shape index (κ3) is 9.00. The van der Waals surface area contributed by atoms with E-state index in [4.69, 9.17) is 10.5 Å². The number of phenolic OH excluding ortho intramolecular Hbond substituents is 1. The Labute approximate surface area is 236 Å². The van der Waals surface area contributed by atoms with Gasteiger partial charge >= 0.3 is 6.09 Å². The Balaban J connectivity index is 2.62. The van der Waals surface area contributed by atoms with Crippen LogP contribution in [-0.4, -0.2) is 51.0 Å². The number of ether oxygens (including phenoxy) is 1. The number of anilines is 1. The van der Waals surface area contributed by atoms with Crippen molar-refractivity contribution in [2.45, 2.75) is 91.5 Å². The number of benzene rings is 2. The number of aryl methyl sites for hydroxylation is 2. The van der Waals surface area contributed by atoms with Gasteiger partial charge in [0.25, 0.3) is 5.91 Å². The molecule has 0 aliphatic heterocycles. The molecule has 10 nitrogen and oxygen atoms in total. The summed E-state index contributed by atoms with van der Waals surface area (Å²) in [6, 6.07) is 9.25. The smallest absolute Gasteiger partial charge is 0.408 e. The van der Waals surface area contributed by atoms with Gasteiger partial charge in [-0.3, -0.25) is 14.4 Å². The van der Waals surface area contributed by atoms with Crippen LogP contribution in [0.5, 0.6) is 5.75 Å². The van der Waals surface area contributed by atoms with Crippen molar-refractivity contribution in [2.75, 3.05) is 5.32 Å². The molecule has 0 spiro atoms. The highest BCUT2D eigenvalue weighted by atomic mass is 16.6. The summed E-state index contributed by atoms with van der Waals surface area (Å²) in [5.41, 5.74) is 6.36. The Bertz CT molecular complexity index is 1210. The van der Waals surface area contributed by atoms with Gasteiger partial charge in [0.2, 0.25) is 11.8 Å². The summed E-state index contributed by atoms with van der Waals surface area (Å²) < 4.78 is 5.36. The molecule has 0 aromatic heterocycles. The lowest BCUT2D eigenvalue weighted by atomic mass is 9.94. The van der Waals surface area contributed by atoms with E-state index in [1.54, 1.807) is 53.7 Å². The molecule has 0 aliphatic carbocycles. The van der Waals surface area contributed by atoms with Crippen LogP contribution < -0.4 is 16.4 Å². The molecular weight excluding hydrogens is 512 g/mol. The Hall–Kier alpha value is -4.08. The molecule has 2 atom stereocenters. The Kier molecular flexibility index (Phi) is 10.3. The van der Waals surface area contributed by atoms with Crippen molar-refractivity contribution in [3.63, 3.8) is 0 Å². The van der Waals surface area contributed by atoms with Crippen LogP contribution in [0.4, 0.5) is 10.5 Å². The fourth-order valence-corrected chi connectivity index (χ4v) is 4.28. The Morgan fingerprint density at radius 2 is 1.50 bits per heavy atom. The van der Waals surface area contributed by atoms with E-state index in [0.29, 0.717) is 11.3 Å². The number of carbonyl (C=O) groups excluding carboxylic acids is 4. The number of aromatic hydroxyl groups is 1. The fraction of sp³-hybridized carbons (Fsp3) is 0.467. The third-order valence-electron chi connectivity index (χ3n) is 6.07. The summed E-state index contributed by atoms with van der Waals surface area (Å²) in [7, 11) is 0. The first-order chi connectivity index (χ1) is 18.4. The molecule has 0 heterocycles. The number of alkyl carbamates (subject to hydrolysis) is 1. The quantitative estimate of drug-likeness (QED) is 0.359. The number of nitrogens with one attached hydrogen (secondary N) is 2. The zero-order chi connectivity index (χ0) is 30.4. The summed E-state index contributed by atoms with van der Waals surface area (Å²) in [5, 5.41) is 15.5. The van der Waals surface area contributed by atoms with E-state index in [0.717, 1.165) is 11.1 Å². The van der Waals surface area contributed by atoms with Crippen LogP contribution in [0.15, 0.2) is 42.5 Å². The average Bonchev–Trinajstić information content (AvgIpc) is 2.80. The van der Waals surface area contributed by atoms with Crippen LogP contribution in [-0.2, 0) is 19.1 Å². The normalized spacial score (nSPS) is 13.1. The minimum absolute atomic E-state index is 0.00258. The second kappa shape index (κ2) is 12.8. The van der Waals surface area contributed by atoms with Gasteiger partial charge in [-0.05, 0) is 90.6 Å². The lowest BCUT2D eigenvalue weighted by Crippen LogP contribution is -2.58. The molecule has 2 aromatic rings. The molecule has 0 bridgehead atoms. The summed E-state index contributed by atoms with van der Waals surface area (Å²) in [6.45, 7) is 14.1. The molecule has 4 amide bonds. The van der Waals surface area contributed by atoms with Gasteiger partial charge in [-0.1, -0.05) is 30.3 Å². The topological polar surface area (TPSA) is 151 Å². The van der Waals surface area contributed by atoms with Gasteiger partial charge in [-0.15, -0.1) is 0 Å². The first kappa shape index (κ1) is 32.1. The first-order valence-corrected chi connectivity index (χ1v) is 13.2. The Morgan fingerprint density at radius 3 is 1.98 bits per heavy atom. The van der Waals surface area contributed by atoms with Crippen molar-refractivity contribution < 1.29 is 29.0 Å². The second-order valence-corrected chi connectivity index (χ2v) is 11.8. The SMILES string of the molecule is Cc1cccc(C)c1NC(=O)C(c1ccc(O)cc1)N(C(=O)C(CCC(N)=O)NC(=O)OC(C)(C)C)C(C)(C)C. The second-order valence-electron chi connectivity index (χ2n) is 11.8. The molecule has 0 fully saturated rings. The van der Waals surface area contributed by atoms with Gasteiger partial charge < -0.3 is 31.1 Å². The van der Waals surface area contributed by atoms with Crippen molar-refractivity contribution >= 4 is 29.5 Å². The van der Waals surface area contributed by atoms with Crippen LogP contribution in [0.3, 0.4) is 0 Å². The van der Waals surface area contributed by atoms with E-state index in [9.17, 15) is 24.3 Å². The number of carbonyl (C=O) groups is 4. The molecule has 0 radical (unpaired) electrons. The van der Waals surface area contributed by atoms with E-state index in [2.05, 4.69) is 10.6 Å². The van der Waals surface area contributed by atoms with E-state index in [-0.39, 0.29) is 18.6 Å². The van der Waals surface area contributed by atoms with Gasteiger partial charge in [0, 0.05) is 17.6 Å². The third-order valence-corrected chi connectivity index (χ3v) is 6.07. The average molecular weight is 555 g/mol. The van der Waals surface area contributed by atoms with E-state index in [1.807, 2.05) is 32.0 Å². The van der Waals surface area contributed by atoms with Gasteiger partial charge in [0.1, 0.15) is 23.4 Å². The van der Waals surface area contributed by atoms with Crippen molar-refractivity contribution in [1.29, 1.82) is 0 Å².